The Morgan fingerprint density at radius 2 is 2.14 bits per heavy atom. The fourth-order valence-corrected chi connectivity index (χ4v) is 2.90. The highest BCUT2D eigenvalue weighted by atomic mass is 79.9. The lowest BCUT2D eigenvalue weighted by Gasteiger charge is -2.34. The Hall–Kier alpha value is -1.30. The Labute approximate surface area is 140 Å². The van der Waals surface area contributed by atoms with Gasteiger partial charge in [0.1, 0.15) is 5.60 Å². The highest BCUT2D eigenvalue weighted by Crippen LogP contribution is 2.30. The largest absolute Gasteiger partial charge is 0.480 e. The van der Waals surface area contributed by atoms with Crippen molar-refractivity contribution < 1.29 is 14.3 Å². The quantitative estimate of drug-likeness (QED) is 0.790. The summed E-state index contributed by atoms with van der Waals surface area (Å²) in [6.45, 7) is 7.01. The van der Waals surface area contributed by atoms with Crippen LogP contribution in [0.15, 0.2) is 16.6 Å². The van der Waals surface area contributed by atoms with Crippen LogP contribution in [0.3, 0.4) is 0 Å². The van der Waals surface area contributed by atoms with E-state index in [2.05, 4.69) is 20.9 Å². The molecule has 1 atom stereocenters. The predicted octanol–water partition coefficient (Wildman–Crippen LogP) is 3.97. The average molecular weight is 371 g/mol. The van der Waals surface area contributed by atoms with Crippen LogP contribution in [0.5, 0.6) is 5.88 Å². The zero-order valence-electron chi connectivity index (χ0n) is 13.6. The van der Waals surface area contributed by atoms with Gasteiger partial charge in [0.05, 0.1) is 11.6 Å². The molecule has 1 saturated heterocycles. The van der Waals surface area contributed by atoms with Gasteiger partial charge in [-0.3, -0.25) is 0 Å². The molecule has 1 aliphatic rings. The number of carbonyl (C=O) groups excluding carboxylic acids is 1. The number of pyridine rings is 1. The van der Waals surface area contributed by atoms with Crippen molar-refractivity contribution in [3.63, 3.8) is 0 Å². The lowest BCUT2D eigenvalue weighted by atomic mass is 9.94. The fourth-order valence-electron chi connectivity index (χ4n) is 2.52. The van der Waals surface area contributed by atoms with Crippen molar-refractivity contribution in [2.75, 3.05) is 20.2 Å². The summed E-state index contributed by atoms with van der Waals surface area (Å²) in [6, 6.07) is 3.92. The number of methoxy groups -OCH3 is 1. The molecular formula is C16H23BrN2O3. The van der Waals surface area contributed by atoms with Gasteiger partial charge in [-0.2, -0.15) is 0 Å². The Morgan fingerprint density at radius 1 is 1.41 bits per heavy atom. The van der Waals surface area contributed by atoms with Crippen molar-refractivity contribution in [3.8, 4) is 5.88 Å². The molecular weight excluding hydrogens is 348 g/mol. The van der Waals surface area contributed by atoms with Gasteiger partial charge in [0, 0.05) is 24.7 Å². The first kappa shape index (κ1) is 17.1. The van der Waals surface area contributed by atoms with E-state index in [1.54, 1.807) is 12.0 Å². The molecule has 0 N–H and O–H groups in total. The van der Waals surface area contributed by atoms with Crippen molar-refractivity contribution in [2.24, 2.45) is 0 Å². The maximum absolute atomic E-state index is 12.2. The number of piperidine rings is 1. The van der Waals surface area contributed by atoms with Gasteiger partial charge < -0.3 is 14.4 Å². The molecule has 0 bridgehead atoms. The Bertz CT molecular complexity index is 543. The van der Waals surface area contributed by atoms with E-state index in [0.717, 1.165) is 29.6 Å². The van der Waals surface area contributed by atoms with Crippen molar-refractivity contribution in [2.45, 2.75) is 45.1 Å². The van der Waals surface area contributed by atoms with Gasteiger partial charge in [-0.1, -0.05) is 0 Å². The van der Waals surface area contributed by atoms with Crippen molar-refractivity contribution in [1.29, 1.82) is 0 Å². The zero-order chi connectivity index (χ0) is 16.3. The Morgan fingerprint density at radius 3 is 2.77 bits per heavy atom. The summed E-state index contributed by atoms with van der Waals surface area (Å²) < 4.78 is 11.5. The lowest BCUT2D eigenvalue weighted by molar-refractivity contribution is 0.0197. The van der Waals surface area contributed by atoms with Crippen molar-refractivity contribution >= 4 is 22.0 Å². The van der Waals surface area contributed by atoms with Crippen LogP contribution >= 0.6 is 15.9 Å². The number of hydrogen-bond acceptors (Lipinski definition) is 4. The standard InChI is InChI=1S/C16H23BrN2O3/c1-16(2,3)22-15(20)19-9-5-6-11(10-19)13-8-7-12(17)14(18-13)21-4/h7-8,11H,5-6,9-10H2,1-4H3/t11-/m0/s1. The number of rotatable bonds is 2. The van der Waals surface area contributed by atoms with Crippen molar-refractivity contribution in [1.82, 2.24) is 9.88 Å². The second-order valence-corrected chi connectivity index (χ2v) is 7.35. The molecule has 0 radical (unpaired) electrons. The van der Waals surface area contributed by atoms with Crippen LogP contribution in [0.2, 0.25) is 0 Å². The van der Waals surface area contributed by atoms with E-state index < -0.39 is 5.60 Å². The van der Waals surface area contributed by atoms with Crippen LogP contribution in [-0.4, -0.2) is 41.8 Å². The fraction of sp³-hybridized carbons (Fsp3) is 0.625. The number of halogens is 1. The molecule has 1 amide bonds. The molecule has 1 aliphatic heterocycles. The smallest absolute Gasteiger partial charge is 0.410 e. The third-order valence-corrected chi connectivity index (χ3v) is 4.12. The van der Waals surface area contributed by atoms with Gasteiger partial charge in [-0.05, 0) is 61.7 Å². The highest BCUT2D eigenvalue weighted by Gasteiger charge is 2.29. The third kappa shape index (κ3) is 4.35. The number of ether oxygens (including phenoxy) is 2. The van der Waals surface area contributed by atoms with E-state index in [0.29, 0.717) is 12.4 Å². The van der Waals surface area contributed by atoms with E-state index in [1.807, 2.05) is 32.9 Å². The van der Waals surface area contributed by atoms with E-state index in [4.69, 9.17) is 9.47 Å². The monoisotopic (exact) mass is 370 g/mol. The van der Waals surface area contributed by atoms with Crippen molar-refractivity contribution in [3.05, 3.63) is 22.3 Å². The normalized spacial score (nSPS) is 19.0. The zero-order valence-corrected chi connectivity index (χ0v) is 15.1. The molecule has 22 heavy (non-hydrogen) atoms. The summed E-state index contributed by atoms with van der Waals surface area (Å²) in [7, 11) is 1.60. The molecule has 2 rings (SSSR count). The number of carbonyl (C=O) groups is 1. The summed E-state index contributed by atoms with van der Waals surface area (Å²) in [4.78, 5) is 18.5. The molecule has 1 fully saturated rings. The Kier molecular flexibility index (Phi) is 5.32. The molecule has 6 heteroatoms. The summed E-state index contributed by atoms with van der Waals surface area (Å²) >= 11 is 3.41. The number of amides is 1. The van der Waals surface area contributed by atoms with Crippen LogP contribution in [-0.2, 0) is 4.74 Å². The van der Waals surface area contributed by atoms with Crippen LogP contribution < -0.4 is 4.74 Å². The third-order valence-electron chi connectivity index (χ3n) is 3.52. The predicted molar refractivity (Wildman–Crippen MR) is 88.3 cm³/mol. The molecule has 0 spiro atoms. The minimum atomic E-state index is -0.469. The summed E-state index contributed by atoms with van der Waals surface area (Å²) in [6.07, 6.45) is 1.71. The first-order valence-electron chi connectivity index (χ1n) is 7.48. The van der Waals surface area contributed by atoms with Gasteiger partial charge in [-0.25, -0.2) is 9.78 Å². The first-order chi connectivity index (χ1) is 10.3. The van der Waals surface area contributed by atoms with Gasteiger partial charge in [0.25, 0.3) is 0 Å². The average Bonchev–Trinajstić information content (AvgIpc) is 2.46. The van der Waals surface area contributed by atoms with Crippen LogP contribution in [0.25, 0.3) is 0 Å². The topological polar surface area (TPSA) is 51.7 Å². The summed E-state index contributed by atoms with van der Waals surface area (Å²) in [5.74, 6) is 0.787. The molecule has 5 nitrogen and oxygen atoms in total. The van der Waals surface area contributed by atoms with Gasteiger partial charge >= 0.3 is 6.09 Å². The van der Waals surface area contributed by atoms with E-state index in [-0.39, 0.29) is 12.0 Å². The number of aromatic nitrogens is 1. The second-order valence-electron chi connectivity index (χ2n) is 6.49. The van der Waals surface area contributed by atoms with Crippen LogP contribution in [0, 0.1) is 0 Å². The molecule has 0 unspecified atom stereocenters. The molecule has 0 saturated carbocycles. The molecule has 1 aromatic rings. The molecule has 1 aromatic heterocycles. The SMILES string of the molecule is COc1nc([C@H]2CCCN(C(=O)OC(C)(C)C)C2)ccc1Br. The highest BCUT2D eigenvalue weighted by molar-refractivity contribution is 9.10. The number of likely N-dealkylation sites (tertiary alicyclic amines) is 1. The van der Waals surface area contributed by atoms with Gasteiger partial charge in [0.15, 0.2) is 0 Å². The van der Waals surface area contributed by atoms with Crippen LogP contribution in [0.1, 0.15) is 45.2 Å². The maximum atomic E-state index is 12.2. The maximum Gasteiger partial charge on any atom is 0.410 e. The van der Waals surface area contributed by atoms with E-state index >= 15 is 0 Å². The second kappa shape index (κ2) is 6.86. The first-order valence-corrected chi connectivity index (χ1v) is 8.28. The molecule has 0 aliphatic carbocycles. The summed E-state index contributed by atoms with van der Waals surface area (Å²) in [5.41, 5.74) is 0.483. The Balaban J connectivity index is 2.09. The van der Waals surface area contributed by atoms with Gasteiger partial charge in [0.2, 0.25) is 5.88 Å². The van der Waals surface area contributed by atoms with E-state index in [1.165, 1.54) is 0 Å². The minimum absolute atomic E-state index is 0.211. The lowest BCUT2D eigenvalue weighted by Crippen LogP contribution is -2.42. The molecule has 122 valence electrons. The number of nitrogens with zero attached hydrogens (tertiary/aromatic N) is 2. The van der Waals surface area contributed by atoms with Crippen LogP contribution in [0.4, 0.5) is 4.79 Å². The summed E-state index contributed by atoms with van der Waals surface area (Å²) in [5, 5.41) is 0. The number of hydrogen-bond donors (Lipinski definition) is 0. The van der Waals surface area contributed by atoms with E-state index in [9.17, 15) is 4.79 Å². The molecule has 2 heterocycles. The minimum Gasteiger partial charge on any atom is -0.480 e. The van der Waals surface area contributed by atoms with Gasteiger partial charge in [-0.15, -0.1) is 0 Å². The molecule has 0 aromatic carbocycles.